The minimum Gasteiger partial charge on any atom is -0.480 e. The van der Waals surface area contributed by atoms with Gasteiger partial charge in [0, 0.05) is 37.4 Å². The molecule has 0 saturated carbocycles. The summed E-state index contributed by atoms with van der Waals surface area (Å²) in [6, 6.07) is 3.41. The Labute approximate surface area is 228 Å². The van der Waals surface area contributed by atoms with Gasteiger partial charge in [0.1, 0.15) is 11.9 Å². The number of nitrogens with one attached hydrogen (secondary N) is 2. The lowest BCUT2D eigenvalue weighted by atomic mass is 10.1. The zero-order valence-electron chi connectivity index (χ0n) is 24.1. The number of carbonyl (C=O) groups is 2. The molecular weight excluding hydrogens is 482 g/mol. The first-order valence-corrected chi connectivity index (χ1v) is 14.4. The number of aliphatic carboxylic acids is 1. The zero-order valence-corrected chi connectivity index (χ0v) is 24.1. The first-order valence-electron chi connectivity index (χ1n) is 14.4. The molecule has 1 aromatic rings. The van der Waals surface area contributed by atoms with Crippen LogP contribution in [0.5, 0.6) is 0 Å². The van der Waals surface area contributed by atoms with Crippen molar-refractivity contribution in [2.75, 3.05) is 38.1 Å². The van der Waals surface area contributed by atoms with Crippen molar-refractivity contribution < 1.29 is 19.4 Å². The number of hydrogen-bond acceptors (Lipinski definition) is 6. The van der Waals surface area contributed by atoms with Crippen LogP contribution >= 0.6 is 0 Å². The second-order valence-corrected chi connectivity index (χ2v) is 11.9. The van der Waals surface area contributed by atoms with E-state index in [1.54, 1.807) is 4.90 Å². The van der Waals surface area contributed by atoms with Gasteiger partial charge in [-0.25, -0.2) is 14.6 Å². The van der Waals surface area contributed by atoms with Crippen molar-refractivity contribution in [3.8, 4) is 0 Å². The molecule has 9 nitrogen and oxygen atoms in total. The summed E-state index contributed by atoms with van der Waals surface area (Å²) >= 11 is 0. The summed E-state index contributed by atoms with van der Waals surface area (Å²) in [4.78, 5) is 33.7. The second-order valence-electron chi connectivity index (χ2n) is 11.9. The first kappa shape index (κ1) is 30.2. The number of unbranched alkanes of at least 4 members (excludes halogenated alkanes) is 1. The molecule has 3 atom stereocenters. The molecule has 0 radical (unpaired) electrons. The lowest BCUT2D eigenvalue weighted by Gasteiger charge is -2.29. The van der Waals surface area contributed by atoms with E-state index in [-0.39, 0.29) is 23.7 Å². The van der Waals surface area contributed by atoms with Crippen LogP contribution in [0.15, 0.2) is 12.1 Å². The van der Waals surface area contributed by atoms with Gasteiger partial charge in [-0.2, -0.15) is 0 Å². The molecule has 214 valence electrons. The van der Waals surface area contributed by atoms with Crippen LogP contribution in [-0.4, -0.2) is 88.4 Å². The summed E-state index contributed by atoms with van der Waals surface area (Å²) in [5.74, 6) is 0.0463. The third-order valence-electron chi connectivity index (χ3n) is 7.57. The van der Waals surface area contributed by atoms with Gasteiger partial charge in [0.05, 0.1) is 12.2 Å². The van der Waals surface area contributed by atoms with E-state index < -0.39 is 12.0 Å². The number of urea groups is 1. The van der Waals surface area contributed by atoms with Crippen LogP contribution in [0.2, 0.25) is 0 Å². The van der Waals surface area contributed by atoms with Crippen LogP contribution < -0.4 is 10.6 Å². The average molecular weight is 532 g/mol. The number of ether oxygens (including phenoxy) is 1. The molecule has 1 fully saturated rings. The molecule has 2 aliphatic rings. The fraction of sp³-hybridized carbons (Fsp3) is 0.759. The van der Waals surface area contributed by atoms with Gasteiger partial charge in [-0.1, -0.05) is 6.07 Å². The largest absolute Gasteiger partial charge is 0.480 e. The van der Waals surface area contributed by atoms with Crippen LogP contribution in [0.25, 0.3) is 0 Å². The Kier molecular flexibility index (Phi) is 11.2. The number of carboxylic acid groups (broad SMARTS) is 1. The van der Waals surface area contributed by atoms with E-state index in [0.29, 0.717) is 19.6 Å². The Morgan fingerprint density at radius 3 is 2.61 bits per heavy atom. The van der Waals surface area contributed by atoms with Gasteiger partial charge in [0.2, 0.25) is 0 Å². The first-order chi connectivity index (χ1) is 18.0. The molecule has 3 heterocycles. The summed E-state index contributed by atoms with van der Waals surface area (Å²) < 4.78 is 5.95. The van der Waals surface area contributed by atoms with Crippen molar-refractivity contribution in [2.24, 2.45) is 0 Å². The Balaban J connectivity index is 1.51. The van der Waals surface area contributed by atoms with Crippen LogP contribution in [0, 0.1) is 0 Å². The van der Waals surface area contributed by atoms with Gasteiger partial charge in [-0.05, 0) is 104 Å². The van der Waals surface area contributed by atoms with Gasteiger partial charge < -0.3 is 30.3 Å². The number of hydrogen-bond donors (Lipinski definition) is 3. The Bertz CT molecular complexity index is 909. The van der Waals surface area contributed by atoms with E-state index in [4.69, 9.17) is 9.72 Å². The molecule has 0 bridgehead atoms. The smallest absolute Gasteiger partial charge is 0.326 e. The molecular formula is C29H49N5O4. The Hall–Kier alpha value is -2.39. The van der Waals surface area contributed by atoms with Crippen LogP contribution in [0.3, 0.4) is 0 Å². The van der Waals surface area contributed by atoms with Crippen molar-refractivity contribution in [2.45, 2.75) is 110 Å². The van der Waals surface area contributed by atoms with E-state index >= 15 is 0 Å². The number of fused-ring (bicyclic) bond motifs is 1. The number of amides is 2. The molecule has 2 amide bonds. The van der Waals surface area contributed by atoms with Crippen LogP contribution in [0.1, 0.15) is 84.4 Å². The van der Waals surface area contributed by atoms with Crippen molar-refractivity contribution >= 4 is 17.8 Å². The quantitative estimate of drug-likeness (QED) is 0.326. The van der Waals surface area contributed by atoms with Crippen LogP contribution in [-0.2, 0) is 22.4 Å². The lowest BCUT2D eigenvalue weighted by molar-refractivity contribution is -0.139. The zero-order chi connectivity index (χ0) is 27.7. The monoisotopic (exact) mass is 531 g/mol. The molecule has 38 heavy (non-hydrogen) atoms. The summed E-state index contributed by atoms with van der Waals surface area (Å²) in [5.41, 5.74) is 2.19. The predicted octanol–water partition coefficient (Wildman–Crippen LogP) is 4.31. The lowest BCUT2D eigenvalue weighted by Crippen LogP contribution is -2.51. The molecule has 0 spiro atoms. The van der Waals surface area contributed by atoms with Gasteiger partial charge in [0.25, 0.3) is 0 Å². The Morgan fingerprint density at radius 1 is 1.18 bits per heavy atom. The number of anilines is 1. The summed E-state index contributed by atoms with van der Waals surface area (Å²) in [5, 5.41) is 16.0. The molecule has 3 N–H and O–H groups in total. The molecule has 0 aromatic carbocycles. The number of likely N-dealkylation sites (tertiary alicyclic amines) is 1. The maximum atomic E-state index is 12.9. The molecule has 3 rings (SSSR count). The number of aromatic nitrogens is 1. The summed E-state index contributed by atoms with van der Waals surface area (Å²) in [6.45, 7) is 13.9. The minimum atomic E-state index is -0.990. The highest BCUT2D eigenvalue weighted by Crippen LogP contribution is 2.23. The minimum absolute atomic E-state index is 0.130. The van der Waals surface area contributed by atoms with E-state index in [0.717, 1.165) is 76.1 Å². The van der Waals surface area contributed by atoms with Crippen molar-refractivity contribution in [1.29, 1.82) is 0 Å². The van der Waals surface area contributed by atoms with E-state index in [1.807, 2.05) is 34.6 Å². The normalized spacial score (nSPS) is 20.2. The molecule has 0 aliphatic carbocycles. The van der Waals surface area contributed by atoms with E-state index in [1.165, 1.54) is 5.56 Å². The topological polar surface area (TPSA) is 107 Å². The highest BCUT2D eigenvalue weighted by atomic mass is 16.5. The number of nitrogens with zero attached hydrogens (tertiary/aromatic N) is 3. The van der Waals surface area contributed by atoms with E-state index in [2.05, 4.69) is 27.7 Å². The number of carboxylic acids is 1. The van der Waals surface area contributed by atoms with Gasteiger partial charge in [-0.15, -0.1) is 0 Å². The van der Waals surface area contributed by atoms with Crippen LogP contribution in [0.4, 0.5) is 10.6 Å². The molecule has 9 heteroatoms. The number of pyridine rings is 1. The van der Waals surface area contributed by atoms with Crippen molar-refractivity contribution in [3.63, 3.8) is 0 Å². The fourth-order valence-corrected chi connectivity index (χ4v) is 5.35. The highest BCUT2D eigenvalue weighted by Gasteiger charge is 2.33. The maximum absolute atomic E-state index is 12.9. The van der Waals surface area contributed by atoms with Gasteiger partial charge in [-0.3, -0.25) is 0 Å². The van der Waals surface area contributed by atoms with Crippen molar-refractivity contribution in [1.82, 2.24) is 20.1 Å². The highest BCUT2D eigenvalue weighted by molar-refractivity contribution is 5.83. The number of aryl methyl sites for hydroxylation is 2. The molecule has 1 aromatic heterocycles. The average Bonchev–Trinajstić information content (AvgIpc) is 3.20. The number of rotatable bonds is 13. The summed E-state index contributed by atoms with van der Waals surface area (Å²) in [7, 11) is 0. The molecule has 0 unspecified atom stereocenters. The van der Waals surface area contributed by atoms with Gasteiger partial charge >= 0.3 is 12.0 Å². The second kappa shape index (κ2) is 14.1. The SMILES string of the molecule is C[C@@H]1CC[C@@H](C)N1C(=O)N[C@@H](CCN(CCCCc1ccc2c(n1)NCCC2)CCOC(C)(C)C)C(=O)O. The molecule has 1 saturated heterocycles. The maximum Gasteiger partial charge on any atom is 0.326 e. The van der Waals surface area contributed by atoms with E-state index in [9.17, 15) is 14.7 Å². The standard InChI is InChI=1S/C29H49N5O4/c1-21-11-12-22(2)34(21)28(37)32-25(27(35)36)15-18-33(19-20-38-29(3,4)5)17-7-6-10-24-14-13-23-9-8-16-30-26(23)31-24/h13-14,21-22,25H,6-12,15-20H2,1-5H3,(H,30,31)(H,32,37)(H,35,36)/t21-,22-,25+/m1/s1. The number of carbonyl (C=O) groups excluding carboxylic acids is 1. The Morgan fingerprint density at radius 2 is 1.92 bits per heavy atom. The predicted molar refractivity (Wildman–Crippen MR) is 151 cm³/mol. The summed E-state index contributed by atoms with van der Waals surface area (Å²) in [6.07, 6.45) is 7.41. The third kappa shape index (κ3) is 9.42. The van der Waals surface area contributed by atoms with Gasteiger partial charge in [0.15, 0.2) is 0 Å². The van der Waals surface area contributed by atoms with Crippen molar-refractivity contribution in [3.05, 3.63) is 23.4 Å². The molecule has 2 aliphatic heterocycles. The third-order valence-corrected chi connectivity index (χ3v) is 7.57. The fourth-order valence-electron chi connectivity index (χ4n) is 5.35.